The highest BCUT2D eigenvalue weighted by molar-refractivity contribution is 5.76. The molecule has 3 amide bonds. The van der Waals surface area contributed by atoms with Gasteiger partial charge in [0.15, 0.2) is 0 Å². The van der Waals surface area contributed by atoms with Crippen molar-refractivity contribution < 1.29 is 24.2 Å². The van der Waals surface area contributed by atoms with Crippen LogP contribution in [-0.4, -0.2) is 64.9 Å². The van der Waals surface area contributed by atoms with E-state index in [4.69, 9.17) is 5.11 Å². The lowest BCUT2D eigenvalue weighted by Crippen LogP contribution is -2.52. The number of nitrogens with zero attached hydrogens (tertiary/aromatic N) is 2. The van der Waals surface area contributed by atoms with Gasteiger partial charge in [0, 0.05) is 31.6 Å². The van der Waals surface area contributed by atoms with Gasteiger partial charge in [-0.3, -0.25) is 0 Å². The van der Waals surface area contributed by atoms with Crippen LogP contribution >= 0.6 is 0 Å². The molecule has 32 heavy (non-hydrogen) atoms. The van der Waals surface area contributed by atoms with Crippen LogP contribution in [0.15, 0.2) is 48.5 Å². The van der Waals surface area contributed by atoms with Gasteiger partial charge >= 0.3 is 12.1 Å². The Morgan fingerprint density at radius 2 is 1.75 bits per heavy atom. The molecular formula is C24H28FN3O4. The standard InChI is InChI=1S/C24H28FN3O4/c25-19-7-5-18(6-8-19)21-20-4-2-1-3-17(20)9-12-28(21)22(30)26-15-24(16-29)10-13-27(14-11-24)23(31)32/h1-8,21,29H,9-16H2,(H,26,30)(H,31,32). The van der Waals surface area contributed by atoms with E-state index in [0.29, 0.717) is 32.5 Å². The lowest BCUT2D eigenvalue weighted by molar-refractivity contribution is 0.0445. The lowest BCUT2D eigenvalue weighted by atomic mass is 9.79. The Bertz CT molecular complexity index is 973. The molecule has 1 unspecified atom stereocenters. The van der Waals surface area contributed by atoms with E-state index in [-0.39, 0.29) is 31.0 Å². The number of amides is 3. The van der Waals surface area contributed by atoms with Crippen LogP contribution in [0.5, 0.6) is 0 Å². The molecule has 0 saturated carbocycles. The van der Waals surface area contributed by atoms with Crippen molar-refractivity contribution in [1.29, 1.82) is 0 Å². The zero-order valence-corrected chi connectivity index (χ0v) is 17.8. The molecule has 0 spiro atoms. The molecular weight excluding hydrogens is 413 g/mol. The minimum absolute atomic E-state index is 0.120. The van der Waals surface area contributed by atoms with Crippen LogP contribution in [0.1, 0.15) is 35.6 Å². The number of halogens is 1. The summed E-state index contributed by atoms with van der Waals surface area (Å²) in [5.74, 6) is -0.327. The van der Waals surface area contributed by atoms with Gasteiger partial charge in [0.25, 0.3) is 0 Å². The van der Waals surface area contributed by atoms with Crippen molar-refractivity contribution >= 4 is 12.1 Å². The minimum Gasteiger partial charge on any atom is -0.465 e. The topological polar surface area (TPSA) is 93.1 Å². The summed E-state index contributed by atoms with van der Waals surface area (Å²) in [5, 5.41) is 22.2. The Labute approximate surface area is 186 Å². The molecule has 0 aliphatic carbocycles. The first-order valence-corrected chi connectivity index (χ1v) is 10.9. The first kappa shape index (κ1) is 22.1. The van der Waals surface area contributed by atoms with E-state index in [2.05, 4.69) is 11.4 Å². The van der Waals surface area contributed by atoms with Crippen molar-refractivity contribution in [2.45, 2.75) is 25.3 Å². The highest BCUT2D eigenvalue weighted by atomic mass is 19.1. The Balaban J connectivity index is 1.52. The first-order chi connectivity index (χ1) is 15.4. The lowest BCUT2D eigenvalue weighted by Gasteiger charge is -2.41. The van der Waals surface area contributed by atoms with E-state index in [1.165, 1.54) is 22.6 Å². The second kappa shape index (κ2) is 9.16. The second-order valence-corrected chi connectivity index (χ2v) is 8.68. The first-order valence-electron chi connectivity index (χ1n) is 10.9. The van der Waals surface area contributed by atoms with Crippen LogP contribution in [0, 0.1) is 11.2 Å². The molecule has 2 heterocycles. The van der Waals surface area contributed by atoms with Gasteiger partial charge in [-0.1, -0.05) is 36.4 Å². The van der Waals surface area contributed by atoms with Crippen molar-refractivity contribution in [3.8, 4) is 0 Å². The quantitative estimate of drug-likeness (QED) is 0.679. The molecule has 1 saturated heterocycles. The van der Waals surface area contributed by atoms with Crippen molar-refractivity contribution in [3.63, 3.8) is 0 Å². The van der Waals surface area contributed by atoms with Gasteiger partial charge in [-0.2, -0.15) is 0 Å². The molecule has 2 aromatic rings. The molecule has 1 atom stereocenters. The van der Waals surface area contributed by atoms with Crippen LogP contribution < -0.4 is 5.32 Å². The van der Waals surface area contributed by atoms with Crippen LogP contribution in [0.4, 0.5) is 14.0 Å². The Kier molecular flexibility index (Phi) is 6.32. The third kappa shape index (κ3) is 4.41. The summed E-state index contributed by atoms with van der Waals surface area (Å²) in [5.41, 5.74) is 2.48. The smallest absolute Gasteiger partial charge is 0.407 e. The van der Waals surface area contributed by atoms with Crippen molar-refractivity contribution in [3.05, 3.63) is 71.0 Å². The number of nitrogens with one attached hydrogen (secondary N) is 1. The monoisotopic (exact) mass is 441 g/mol. The van der Waals surface area contributed by atoms with Gasteiger partial charge in [-0.15, -0.1) is 0 Å². The maximum atomic E-state index is 13.5. The SMILES string of the molecule is O=C(O)N1CCC(CO)(CNC(=O)N2CCc3ccccc3C2c2ccc(F)cc2)CC1. The number of aliphatic hydroxyl groups is 1. The third-order valence-electron chi connectivity index (χ3n) is 6.77. The van der Waals surface area contributed by atoms with Crippen LogP contribution in [0.3, 0.4) is 0 Å². The van der Waals surface area contributed by atoms with Gasteiger partial charge in [0.2, 0.25) is 0 Å². The van der Waals surface area contributed by atoms with Gasteiger partial charge in [-0.25, -0.2) is 14.0 Å². The Morgan fingerprint density at radius 1 is 1.06 bits per heavy atom. The zero-order chi connectivity index (χ0) is 22.7. The van der Waals surface area contributed by atoms with Crippen LogP contribution in [0.25, 0.3) is 0 Å². The predicted octanol–water partition coefficient (Wildman–Crippen LogP) is 3.24. The summed E-state index contributed by atoms with van der Waals surface area (Å²) in [6.07, 6.45) is 0.732. The third-order valence-corrected chi connectivity index (χ3v) is 6.77. The Hall–Kier alpha value is -3.13. The van der Waals surface area contributed by atoms with E-state index in [9.17, 15) is 19.1 Å². The molecule has 2 aliphatic rings. The number of carboxylic acid groups (broad SMARTS) is 1. The molecule has 0 bridgehead atoms. The minimum atomic E-state index is -0.963. The normalized spacial score (nSPS) is 19.9. The number of aliphatic hydroxyl groups excluding tert-OH is 1. The predicted molar refractivity (Wildman–Crippen MR) is 117 cm³/mol. The fourth-order valence-corrected chi connectivity index (χ4v) is 4.72. The second-order valence-electron chi connectivity index (χ2n) is 8.68. The summed E-state index contributed by atoms with van der Waals surface area (Å²) in [4.78, 5) is 27.6. The van der Waals surface area contributed by atoms with E-state index < -0.39 is 11.5 Å². The van der Waals surface area contributed by atoms with Gasteiger partial charge in [0.1, 0.15) is 5.82 Å². The zero-order valence-electron chi connectivity index (χ0n) is 17.8. The molecule has 2 aromatic carbocycles. The molecule has 2 aliphatic heterocycles. The molecule has 8 heteroatoms. The summed E-state index contributed by atoms with van der Waals surface area (Å²) in [7, 11) is 0. The molecule has 170 valence electrons. The molecule has 4 rings (SSSR count). The number of likely N-dealkylation sites (tertiary alicyclic amines) is 1. The number of carbonyl (C=O) groups excluding carboxylic acids is 1. The van der Waals surface area contributed by atoms with Crippen molar-refractivity contribution in [1.82, 2.24) is 15.1 Å². The van der Waals surface area contributed by atoms with Gasteiger partial charge in [0.05, 0.1) is 12.6 Å². The fraction of sp³-hybridized carbons (Fsp3) is 0.417. The number of piperidine rings is 1. The number of hydrogen-bond donors (Lipinski definition) is 3. The van der Waals surface area contributed by atoms with Gasteiger partial charge in [-0.05, 0) is 48.1 Å². The average molecular weight is 442 g/mol. The Morgan fingerprint density at radius 3 is 2.41 bits per heavy atom. The summed E-state index contributed by atoms with van der Waals surface area (Å²) in [6.45, 7) is 1.33. The number of urea groups is 1. The number of carbonyl (C=O) groups is 2. The number of fused-ring (bicyclic) bond motifs is 1. The number of hydrogen-bond acceptors (Lipinski definition) is 3. The molecule has 1 fully saturated rings. The van der Waals surface area contributed by atoms with Crippen LogP contribution in [-0.2, 0) is 6.42 Å². The van der Waals surface area contributed by atoms with Crippen LogP contribution in [0.2, 0.25) is 0 Å². The molecule has 3 N–H and O–H groups in total. The van der Waals surface area contributed by atoms with E-state index in [0.717, 1.165) is 17.5 Å². The van der Waals surface area contributed by atoms with Crippen molar-refractivity contribution in [2.75, 3.05) is 32.8 Å². The number of rotatable bonds is 4. The van der Waals surface area contributed by atoms with E-state index in [1.54, 1.807) is 17.0 Å². The van der Waals surface area contributed by atoms with Crippen molar-refractivity contribution in [2.24, 2.45) is 5.41 Å². The highest BCUT2D eigenvalue weighted by Crippen LogP contribution is 2.36. The summed E-state index contributed by atoms with van der Waals surface area (Å²) in [6, 6.07) is 13.6. The fourth-order valence-electron chi connectivity index (χ4n) is 4.72. The average Bonchev–Trinajstić information content (AvgIpc) is 2.82. The molecule has 0 radical (unpaired) electrons. The molecule has 7 nitrogen and oxygen atoms in total. The maximum absolute atomic E-state index is 13.5. The van der Waals surface area contributed by atoms with E-state index >= 15 is 0 Å². The maximum Gasteiger partial charge on any atom is 0.407 e. The highest BCUT2D eigenvalue weighted by Gasteiger charge is 2.37. The van der Waals surface area contributed by atoms with E-state index in [1.807, 2.05) is 18.2 Å². The number of benzene rings is 2. The largest absolute Gasteiger partial charge is 0.465 e. The summed E-state index contributed by atoms with van der Waals surface area (Å²) < 4.78 is 13.5. The van der Waals surface area contributed by atoms with Gasteiger partial charge < -0.3 is 25.3 Å². The summed E-state index contributed by atoms with van der Waals surface area (Å²) >= 11 is 0. The molecule has 0 aromatic heterocycles.